The maximum atomic E-state index is 5.71. The summed E-state index contributed by atoms with van der Waals surface area (Å²) in [5.74, 6) is 7.29. The van der Waals surface area contributed by atoms with Crippen molar-refractivity contribution in [3.05, 3.63) is 29.8 Å². The van der Waals surface area contributed by atoms with Crippen molar-refractivity contribution in [2.24, 2.45) is 11.8 Å². The van der Waals surface area contributed by atoms with E-state index in [1.54, 1.807) is 7.11 Å². The predicted molar refractivity (Wildman–Crippen MR) is 75.8 cm³/mol. The van der Waals surface area contributed by atoms with Crippen molar-refractivity contribution in [2.75, 3.05) is 13.7 Å². The van der Waals surface area contributed by atoms with Crippen molar-refractivity contribution in [1.82, 2.24) is 5.43 Å². The van der Waals surface area contributed by atoms with E-state index >= 15 is 0 Å². The van der Waals surface area contributed by atoms with Crippen LogP contribution >= 0.6 is 0 Å². The molecule has 1 aliphatic rings. The number of methoxy groups -OCH3 is 1. The van der Waals surface area contributed by atoms with Gasteiger partial charge in [-0.05, 0) is 38.2 Å². The third kappa shape index (κ3) is 3.47. The molecule has 1 atom stereocenters. The molecule has 0 aliphatic heterocycles. The normalized spacial score (nSPS) is 23.7. The highest BCUT2D eigenvalue weighted by Gasteiger charge is 2.32. The van der Waals surface area contributed by atoms with Gasteiger partial charge in [-0.25, -0.2) is 0 Å². The van der Waals surface area contributed by atoms with Gasteiger partial charge in [-0.1, -0.05) is 18.2 Å². The number of para-hydroxylation sites is 1. The number of nitrogens with two attached hydrogens (primary N) is 1. The summed E-state index contributed by atoms with van der Waals surface area (Å²) < 4.78 is 11.0. The van der Waals surface area contributed by atoms with Gasteiger partial charge in [0, 0.05) is 18.2 Å². The average molecular weight is 264 g/mol. The third-order valence-electron chi connectivity index (χ3n) is 3.88. The standard InChI is InChI=1S/C15H24N2O2/c1-3-19-12-8-11(9-12)10-14(17-16)13-6-4-5-7-15(13)18-2/h4-7,11-12,14,17H,3,8-10,16H2,1-2H3. The Morgan fingerprint density at radius 2 is 2.11 bits per heavy atom. The number of nitrogens with one attached hydrogen (secondary N) is 1. The zero-order chi connectivity index (χ0) is 13.7. The Kier molecular flexibility index (Phi) is 5.19. The molecule has 0 aromatic heterocycles. The van der Waals surface area contributed by atoms with E-state index in [2.05, 4.69) is 11.5 Å². The molecule has 3 N–H and O–H groups in total. The molecule has 0 heterocycles. The van der Waals surface area contributed by atoms with Crippen LogP contribution in [0.4, 0.5) is 0 Å². The van der Waals surface area contributed by atoms with Gasteiger partial charge in [-0.2, -0.15) is 0 Å². The lowest BCUT2D eigenvalue weighted by molar-refractivity contribution is -0.0292. The van der Waals surface area contributed by atoms with Gasteiger partial charge in [-0.15, -0.1) is 0 Å². The summed E-state index contributed by atoms with van der Waals surface area (Å²) in [5.41, 5.74) is 4.05. The lowest BCUT2D eigenvalue weighted by Crippen LogP contribution is -2.36. The molecule has 0 saturated heterocycles. The quantitative estimate of drug-likeness (QED) is 0.586. The predicted octanol–water partition coefficient (Wildman–Crippen LogP) is 2.40. The minimum atomic E-state index is 0.142. The van der Waals surface area contributed by atoms with Crippen molar-refractivity contribution in [1.29, 1.82) is 0 Å². The minimum absolute atomic E-state index is 0.142. The fourth-order valence-corrected chi connectivity index (χ4v) is 2.81. The van der Waals surface area contributed by atoms with Crippen LogP contribution in [-0.2, 0) is 4.74 Å². The van der Waals surface area contributed by atoms with Gasteiger partial charge in [0.15, 0.2) is 0 Å². The molecule has 1 aromatic rings. The van der Waals surface area contributed by atoms with Crippen LogP contribution < -0.4 is 16.0 Å². The van der Waals surface area contributed by atoms with Gasteiger partial charge < -0.3 is 9.47 Å². The Balaban J connectivity index is 1.94. The first-order valence-corrected chi connectivity index (χ1v) is 6.99. The molecular formula is C15H24N2O2. The molecule has 0 bridgehead atoms. The first-order chi connectivity index (χ1) is 9.28. The van der Waals surface area contributed by atoms with Crippen molar-refractivity contribution in [3.63, 3.8) is 0 Å². The van der Waals surface area contributed by atoms with Crippen LogP contribution in [0.3, 0.4) is 0 Å². The number of hydrogen-bond acceptors (Lipinski definition) is 4. The number of ether oxygens (including phenoxy) is 2. The molecule has 4 nitrogen and oxygen atoms in total. The van der Waals surface area contributed by atoms with E-state index in [1.165, 1.54) is 0 Å². The fourth-order valence-electron chi connectivity index (χ4n) is 2.81. The highest BCUT2D eigenvalue weighted by Crippen LogP contribution is 2.38. The van der Waals surface area contributed by atoms with E-state index in [4.69, 9.17) is 15.3 Å². The topological polar surface area (TPSA) is 56.5 Å². The number of hydrazine groups is 1. The summed E-state index contributed by atoms with van der Waals surface area (Å²) in [6, 6.07) is 8.19. The van der Waals surface area contributed by atoms with Gasteiger partial charge in [-0.3, -0.25) is 11.3 Å². The molecule has 1 unspecified atom stereocenters. The van der Waals surface area contributed by atoms with E-state index in [9.17, 15) is 0 Å². The zero-order valence-corrected chi connectivity index (χ0v) is 11.8. The molecule has 1 saturated carbocycles. The molecule has 1 aromatic carbocycles. The third-order valence-corrected chi connectivity index (χ3v) is 3.88. The molecule has 1 fully saturated rings. The Hall–Kier alpha value is -1.10. The van der Waals surface area contributed by atoms with Crippen LogP contribution in [-0.4, -0.2) is 19.8 Å². The number of benzene rings is 1. The summed E-state index contributed by atoms with van der Waals surface area (Å²) >= 11 is 0. The van der Waals surface area contributed by atoms with E-state index in [-0.39, 0.29) is 6.04 Å². The van der Waals surface area contributed by atoms with Gasteiger partial charge in [0.2, 0.25) is 0 Å². The molecule has 0 amide bonds. The van der Waals surface area contributed by atoms with Crippen molar-refractivity contribution >= 4 is 0 Å². The molecule has 19 heavy (non-hydrogen) atoms. The van der Waals surface area contributed by atoms with E-state index < -0.39 is 0 Å². The summed E-state index contributed by atoms with van der Waals surface area (Å²) in [4.78, 5) is 0. The smallest absolute Gasteiger partial charge is 0.123 e. The molecule has 0 spiro atoms. The van der Waals surface area contributed by atoms with E-state index in [1.807, 2.05) is 25.1 Å². The maximum Gasteiger partial charge on any atom is 0.123 e. The van der Waals surface area contributed by atoms with Crippen molar-refractivity contribution < 1.29 is 9.47 Å². The van der Waals surface area contributed by atoms with Gasteiger partial charge in [0.05, 0.1) is 13.2 Å². The lowest BCUT2D eigenvalue weighted by Gasteiger charge is -2.37. The zero-order valence-electron chi connectivity index (χ0n) is 11.8. The molecule has 1 aliphatic carbocycles. The summed E-state index contributed by atoms with van der Waals surface area (Å²) in [6.07, 6.45) is 3.76. The SMILES string of the molecule is CCOC1CC(CC(NN)c2ccccc2OC)C1. The minimum Gasteiger partial charge on any atom is -0.496 e. The Bertz CT molecular complexity index is 391. The van der Waals surface area contributed by atoms with Gasteiger partial charge in [0.25, 0.3) is 0 Å². The second-order valence-corrected chi connectivity index (χ2v) is 5.11. The monoisotopic (exact) mass is 264 g/mol. The second-order valence-electron chi connectivity index (χ2n) is 5.11. The van der Waals surface area contributed by atoms with E-state index in [0.29, 0.717) is 12.0 Å². The van der Waals surface area contributed by atoms with Crippen LogP contribution in [0.15, 0.2) is 24.3 Å². The number of rotatable bonds is 7. The molecule has 4 heteroatoms. The molecular weight excluding hydrogens is 240 g/mol. The van der Waals surface area contributed by atoms with Gasteiger partial charge in [0.1, 0.15) is 5.75 Å². The Morgan fingerprint density at radius 3 is 2.74 bits per heavy atom. The van der Waals surface area contributed by atoms with Crippen LogP contribution in [0, 0.1) is 5.92 Å². The highest BCUT2D eigenvalue weighted by molar-refractivity contribution is 5.35. The van der Waals surface area contributed by atoms with Crippen molar-refractivity contribution in [3.8, 4) is 5.75 Å². The van der Waals surface area contributed by atoms with Gasteiger partial charge >= 0.3 is 0 Å². The highest BCUT2D eigenvalue weighted by atomic mass is 16.5. The average Bonchev–Trinajstić information content (AvgIpc) is 2.41. The van der Waals surface area contributed by atoms with Crippen LogP contribution in [0.2, 0.25) is 0 Å². The van der Waals surface area contributed by atoms with Crippen molar-refractivity contribution in [2.45, 2.75) is 38.3 Å². The molecule has 2 rings (SSSR count). The molecule has 0 radical (unpaired) electrons. The first-order valence-electron chi connectivity index (χ1n) is 6.99. The molecule has 106 valence electrons. The largest absolute Gasteiger partial charge is 0.496 e. The number of hydrogen-bond donors (Lipinski definition) is 2. The fraction of sp³-hybridized carbons (Fsp3) is 0.600. The van der Waals surface area contributed by atoms with Crippen LogP contribution in [0.25, 0.3) is 0 Å². The second kappa shape index (κ2) is 6.89. The summed E-state index contributed by atoms with van der Waals surface area (Å²) in [7, 11) is 1.70. The summed E-state index contributed by atoms with van der Waals surface area (Å²) in [6.45, 7) is 2.86. The Morgan fingerprint density at radius 1 is 1.37 bits per heavy atom. The maximum absolute atomic E-state index is 5.71. The first kappa shape index (κ1) is 14.3. The lowest BCUT2D eigenvalue weighted by atomic mass is 9.77. The van der Waals surface area contributed by atoms with Crippen LogP contribution in [0.5, 0.6) is 5.75 Å². The Labute approximate surface area is 115 Å². The summed E-state index contributed by atoms with van der Waals surface area (Å²) in [5, 5.41) is 0. The van der Waals surface area contributed by atoms with E-state index in [0.717, 1.165) is 37.2 Å². The van der Waals surface area contributed by atoms with Crippen LogP contribution in [0.1, 0.15) is 37.8 Å².